The van der Waals surface area contributed by atoms with Gasteiger partial charge in [0.05, 0.1) is 16.7 Å². The van der Waals surface area contributed by atoms with E-state index in [4.69, 9.17) is 9.72 Å². The first-order valence-corrected chi connectivity index (χ1v) is 14.5. The van der Waals surface area contributed by atoms with Gasteiger partial charge in [0.1, 0.15) is 11.3 Å². The molecule has 4 rings (SSSR count). The summed E-state index contributed by atoms with van der Waals surface area (Å²) in [6.07, 6.45) is 5.05. The molecule has 0 radical (unpaired) electrons. The fraction of sp³-hybridized carbons (Fsp3) is 0.462. The number of carbonyl (C=O) groups excluding carboxylic acids is 1. The van der Waals surface area contributed by atoms with Gasteiger partial charge in [-0.3, -0.25) is 9.69 Å². The summed E-state index contributed by atoms with van der Waals surface area (Å²) in [5, 5.41) is 0.579. The van der Waals surface area contributed by atoms with E-state index >= 15 is 0 Å². The summed E-state index contributed by atoms with van der Waals surface area (Å²) in [4.78, 5) is 22.2. The Labute approximate surface area is 229 Å². The van der Waals surface area contributed by atoms with Gasteiger partial charge in [0.25, 0.3) is 5.91 Å². The number of sulfonamides is 1. The first-order valence-electron chi connectivity index (χ1n) is 12.2. The molecule has 0 saturated heterocycles. The molecule has 1 heterocycles. The van der Waals surface area contributed by atoms with E-state index in [2.05, 4.69) is 0 Å². The SMILES string of the molecule is COc1cccc2sc(N(CCN(C)C)C(=O)c3ccc(S(=O)(=O)N(C)C4CCCCC4)cc3)nc12.Cl. The third-order valence-corrected chi connectivity index (χ3v) is 9.67. The molecule has 11 heteroatoms. The molecule has 1 aliphatic carbocycles. The van der Waals surface area contributed by atoms with Crippen LogP contribution in [-0.2, 0) is 10.0 Å². The highest BCUT2D eigenvalue weighted by Crippen LogP contribution is 2.35. The van der Waals surface area contributed by atoms with Crippen LogP contribution in [0.5, 0.6) is 5.75 Å². The Morgan fingerprint density at radius 1 is 1.03 bits per heavy atom. The molecule has 1 amide bonds. The number of thiazole rings is 1. The van der Waals surface area contributed by atoms with Gasteiger partial charge in [0.2, 0.25) is 10.0 Å². The van der Waals surface area contributed by atoms with Crippen LogP contribution in [0.25, 0.3) is 10.2 Å². The second kappa shape index (κ2) is 12.5. The lowest BCUT2D eigenvalue weighted by atomic mass is 9.96. The van der Waals surface area contributed by atoms with Crippen LogP contribution in [0.4, 0.5) is 5.13 Å². The Bertz CT molecular complexity index is 1310. The standard InChI is InChI=1S/C26H34N4O4S2.ClH/c1-28(2)17-18-30(26-27-24-22(34-4)11-8-12-23(24)35-26)25(31)19-13-15-21(16-14-19)36(32,33)29(3)20-9-6-5-7-10-20;/h8,11-16,20H,5-7,9-10,17-18H2,1-4H3;1H. The molecular weight excluding hydrogens is 532 g/mol. The summed E-state index contributed by atoms with van der Waals surface area (Å²) in [7, 11) is 3.54. The lowest BCUT2D eigenvalue weighted by Gasteiger charge is -2.30. The highest BCUT2D eigenvalue weighted by Gasteiger charge is 2.29. The van der Waals surface area contributed by atoms with Crippen molar-refractivity contribution in [3.8, 4) is 5.75 Å². The Morgan fingerprint density at radius 3 is 2.32 bits per heavy atom. The van der Waals surface area contributed by atoms with E-state index in [1.54, 1.807) is 31.2 Å². The van der Waals surface area contributed by atoms with E-state index < -0.39 is 10.0 Å². The molecule has 1 fully saturated rings. The van der Waals surface area contributed by atoms with Crippen molar-refractivity contribution in [2.24, 2.45) is 0 Å². The number of amides is 1. The molecular formula is C26H35ClN4O4S2. The van der Waals surface area contributed by atoms with Crippen LogP contribution in [0.2, 0.25) is 0 Å². The van der Waals surface area contributed by atoms with Crippen molar-refractivity contribution >= 4 is 55.0 Å². The first kappa shape index (κ1) is 29.3. The lowest BCUT2D eigenvalue weighted by molar-refractivity contribution is 0.0985. The van der Waals surface area contributed by atoms with Crippen molar-refractivity contribution < 1.29 is 17.9 Å². The molecule has 0 N–H and O–H groups in total. The fourth-order valence-corrected chi connectivity index (χ4v) is 6.93. The van der Waals surface area contributed by atoms with E-state index in [0.717, 1.165) is 42.3 Å². The minimum Gasteiger partial charge on any atom is -0.494 e. The highest BCUT2D eigenvalue weighted by molar-refractivity contribution is 7.89. The predicted octanol–water partition coefficient (Wildman–Crippen LogP) is 4.89. The molecule has 3 aromatic rings. The number of hydrogen-bond acceptors (Lipinski definition) is 7. The second-order valence-electron chi connectivity index (χ2n) is 9.40. The highest BCUT2D eigenvalue weighted by atomic mass is 35.5. The molecule has 1 saturated carbocycles. The molecule has 1 aliphatic rings. The molecule has 0 aliphatic heterocycles. The van der Waals surface area contributed by atoms with Crippen molar-refractivity contribution in [1.82, 2.24) is 14.2 Å². The number of fused-ring (bicyclic) bond motifs is 1. The summed E-state index contributed by atoms with van der Waals surface area (Å²) >= 11 is 1.43. The summed E-state index contributed by atoms with van der Waals surface area (Å²) in [5.41, 5.74) is 1.13. The largest absolute Gasteiger partial charge is 0.494 e. The Balaban J connectivity index is 0.00000380. The van der Waals surface area contributed by atoms with Crippen LogP contribution in [0, 0.1) is 0 Å². The van der Waals surface area contributed by atoms with Crippen LogP contribution in [0.3, 0.4) is 0 Å². The van der Waals surface area contributed by atoms with E-state index in [1.807, 2.05) is 37.2 Å². The number of halogens is 1. The second-order valence-corrected chi connectivity index (χ2v) is 12.4. The van der Waals surface area contributed by atoms with Gasteiger partial charge in [-0.2, -0.15) is 4.31 Å². The quantitative estimate of drug-likeness (QED) is 0.367. The van der Waals surface area contributed by atoms with Gasteiger partial charge in [0.15, 0.2) is 5.13 Å². The number of anilines is 1. The number of para-hydroxylation sites is 1. The number of aromatic nitrogens is 1. The van der Waals surface area contributed by atoms with Gasteiger partial charge in [-0.05, 0) is 63.3 Å². The van der Waals surface area contributed by atoms with E-state index in [-0.39, 0.29) is 29.3 Å². The number of likely N-dealkylation sites (N-methyl/N-ethyl adjacent to an activating group) is 1. The number of nitrogens with zero attached hydrogens (tertiary/aromatic N) is 4. The number of rotatable bonds is 9. The smallest absolute Gasteiger partial charge is 0.260 e. The molecule has 0 atom stereocenters. The number of methoxy groups -OCH3 is 1. The molecule has 0 unspecified atom stereocenters. The molecule has 2 aromatic carbocycles. The summed E-state index contributed by atoms with van der Waals surface area (Å²) < 4.78 is 34.3. The van der Waals surface area contributed by atoms with Crippen LogP contribution in [0.1, 0.15) is 42.5 Å². The van der Waals surface area contributed by atoms with Crippen LogP contribution in [-0.4, -0.2) is 75.9 Å². The van der Waals surface area contributed by atoms with Crippen molar-refractivity contribution in [2.45, 2.75) is 43.0 Å². The third kappa shape index (κ3) is 6.43. The fourth-order valence-electron chi connectivity index (χ4n) is 4.51. The van der Waals surface area contributed by atoms with Gasteiger partial charge in [-0.25, -0.2) is 13.4 Å². The third-order valence-electron chi connectivity index (χ3n) is 6.70. The predicted molar refractivity (Wildman–Crippen MR) is 152 cm³/mol. The van der Waals surface area contributed by atoms with E-state index in [0.29, 0.717) is 29.5 Å². The monoisotopic (exact) mass is 566 g/mol. The topological polar surface area (TPSA) is 83.0 Å². The van der Waals surface area contributed by atoms with Crippen molar-refractivity contribution in [3.63, 3.8) is 0 Å². The lowest BCUT2D eigenvalue weighted by Crippen LogP contribution is -2.38. The molecule has 1 aromatic heterocycles. The molecule has 0 bridgehead atoms. The molecule has 0 spiro atoms. The summed E-state index contributed by atoms with van der Waals surface area (Å²) in [6, 6.07) is 12.0. The van der Waals surface area contributed by atoms with Crippen LogP contribution < -0.4 is 9.64 Å². The van der Waals surface area contributed by atoms with E-state index in [1.165, 1.54) is 27.8 Å². The Kier molecular flexibility index (Phi) is 9.93. The zero-order chi connectivity index (χ0) is 25.9. The number of benzene rings is 2. The van der Waals surface area contributed by atoms with E-state index in [9.17, 15) is 13.2 Å². The maximum Gasteiger partial charge on any atom is 0.260 e. The van der Waals surface area contributed by atoms with Crippen molar-refractivity contribution in [2.75, 3.05) is 46.2 Å². The Morgan fingerprint density at radius 2 is 1.70 bits per heavy atom. The Hall–Kier alpha value is -2.24. The van der Waals surface area contributed by atoms with Gasteiger partial charge in [-0.15, -0.1) is 12.4 Å². The molecule has 37 heavy (non-hydrogen) atoms. The number of ether oxygens (including phenoxy) is 1. The summed E-state index contributed by atoms with van der Waals surface area (Å²) in [6.45, 7) is 1.09. The first-order chi connectivity index (χ1) is 17.2. The maximum atomic E-state index is 13.6. The van der Waals surface area contributed by atoms with Gasteiger partial charge >= 0.3 is 0 Å². The minimum absolute atomic E-state index is 0. The average Bonchev–Trinajstić information content (AvgIpc) is 3.32. The van der Waals surface area contributed by atoms with Crippen molar-refractivity contribution in [1.29, 1.82) is 0 Å². The van der Waals surface area contributed by atoms with Crippen molar-refractivity contribution in [3.05, 3.63) is 48.0 Å². The number of carbonyl (C=O) groups is 1. The zero-order valence-corrected chi connectivity index (χ0v) is 24.2. The van der Waals surface area contributed by atoms with Gasteiger partial charge in [0, 0.05) is 31.7 Å². The molecule has 8 nitrogen and oxygen atoms in total. The summed E-state index contributed by atoms with van der Waals surface area (Å²) in [5.74, 6) is 0.436. The number of hydrogen-bond donors (Lipinski definition) is 0. The zero-order valence-electron chi connectivity index (χ0n) is 21.7. The normalized spacial score (nSPS) is 14.6. The van der Waals surface area contributed by atoms with Crippen LogP contribution in [0.15, 0.2) is 47.4 Å². The van der Waals surface area contributed by atoms with Gasteiger partial charge < -0.3 is 9.64 Å². The minimum atomic E-state index is -3.62. The van der Waals surface area contributed by atoms with Gasteiger partial charge in [-0.1, -0.05) is 36.7 Å². The molecule has 202 valence electrons. The maximum absolute atomic E-state index is 13.6. The van der Waals surface area contributed by atoms with Crippen LogP contribution >= 0.6 is 23.7 Å². The average molecular weight is 567 g/mol.